The fourth-order valence-corrected chi connectivity index (χ4v) is 2.12. The first kappa shape index (κ1) is 15.7. The summed E-state index contributed by atoms with van der Waals surface area (Å²) in [6.07, 6.45) is 15.9. The van der Waals surface area contributed by atoms with Gasteiger partial charge in [-0.2, -0.15) is 0 Å². The van der Waals surface area contributed by atoms with Crippen LogP contribution >= 0.6 is 0 Å². The first-order valence-electron chi connectivity index (χ1n) is 7.58. The van der Waals surface area contributed by atoms with Crippen molar-refractivity contribution in [3.05, 3.63) is 41.5 Å². The maximum Gasteiger partial charge on any atom is 0.150 e. The fraction of sp³-hybridized carbons (Fsp3) is 0.500. The molecule has 1 aromatic carbocycles. The topological polar surface area (TPSA) is 17.1 Å². The van der Waals surface area contributed by atoms with E-state index in [1.807, 2.05) is 24.3 Å². The van der Waals surface area contributed by atoms with Crippen molar-refractivity contribution in [2.24, 2.45) is 0 Å². The van der Waals surface area contributed by atoms with Crippen molar-refractivity contribution in [3.63, 3.8) is 0 Å². The highest BCUT2D eigenvalue weighted by molar-refractivity contribution is 5.75. The lowest BCUT2D eigenvalue weighted by molar-refractivity contribution is 0.112. The van der Waals surface area contributed by atoms with Crippen LogP contribution in [0.2, 0.25) is 0 Å². The average molecular weight is 258 g/mol. The van der Waals surface area contributed by atoms with Gasteiger partial charge in [0.15, 0.2) is 0 Å². The van der Waals surface area contributed by atoms with Crippen LogP contribution in [-0.4, -0.2) is 6.29 Å². The highest BCUT2D eigenvalue weighted by Crippen LogP contribution is 2.10. The molecule has 0 aliphatic carbocycles. The van der Waals surface area contributed by atoms with Gasteiger partial charge in [0.2, 0.25) is 0 Å². The largest absolute Gasteiger partial charge is 0.298 e. The Hall–Kier alpha value is -1.37. The molecule has 0 unspecified atom stereocenters. The predicted octanol–water partition coefficient (Wildman–Crippen LogP) is 5.65. The van der Waals surface area contributed by atoms with E-state index in [0.29, 0.717) is 0 Å². The lowest BCUT2D eigenvalue weighted by Gasteiger charge is -1.99. The summed E-state index contributed by atoms with van der Waals surface area (Å²) in [5, 5.41) is 0. The van der Waals surface area contributed by atoms with Crippen LogP contribution in [0.15, 0.2) is 30.3 Å². The molecule has 0 bridgehead atoms. The fourth-order valence-electron chi connectivity index (χ4n) is 2.12. The molecule has 0 heterocycles. The number of aldehydes is 1. The molecule has 0 saturated heterocycles. The highest BCUT2D eigenvalue weighted by Gasteiger charge is 1.91. The zero-order valence-corrected chi connectivity index (χ0v) is 12.1. The van der Waals surface area contributed by atoms with Crippen LogP contribution in [0.1, 0.15) is 74.2 Å². The molecule has 0 N–H and O–H groups in total. The monoisotopic (exact) mass is 258 g/mol. The Morgan fingerprint density at radius 2 is 1.42 bits per heavy atom. The lowest BCUT2D eigenvalue weighted by Crippen LogP contribution is -1.80. The van der Waals surface area contributed by atoms with E-state index >= 15 is 0 Å². The number of carbonyl (C=O) groups is 1. The quantitative estimate of drug-likeness (QED) is 0.391. The first-order valence-corrected chi connectivity index (χ1v) is 7.58. The zero-order valence-electron chi connectivity index (χ0n) is 12.1. The SMILES string of the molecule is CCCCCCCCCC=Cc1ccc(C=O)cc1. The Balaban J connectivity index is 2.07. The molecule has 1 heteroatoms. The normalized spacial score (nSPS) is 11.0. The third-order valence-corrected chi connectivity index (χ3v) is 3.36. The van der Waals surface area contributed by atoms with Crippen molar-refractivity contribution in [2.75, 3.05) is 0 Å². The van der Waals surface area contributed by atoms with Crippen molar-refractivity contribution in [2.45, 2.75) is 58.3 Å². The maximum atomic E-state index is 10.5. The summed E-state index contributed by atoms with van der Waals surface area (Å²) in [5.74, 6) is 0. The number of rotatable bonds is 10. The van der Waals surface area contributed by atoms with Crippen molar-refractivity contribution in [1.29, 1.82) is 0 Å². The third kappa shape index (κ3) is 7.61. The minimum Gasteiger partial charge on any atom is -0.298 e. The van der Waals surface area contributed by atoms with E-state index in [0.717, 1.165) is 18.3 Å². The van der Waals surface area contributed by atoms with Crippen LogP contribution < -0.4 is 0 Å². The Kier molecular flexibility index (Phi) is 8.70. The van der Waals surface area contributed by atoms with Gasteiger partial charge in [0.05, 0.1) is 0 Å². The summed E-state index contributed by atoms with van der Waals surface area (Å²) in [4.78, 5) is 10.5. The Morgan fingerprint density at radius 3 is 2.05 bits per heavy atom. The Labute approximate surface area is 117 Å². The van der Waals surface area contributed by atoms with E-state index in [-0.39, 0.29) is 0 Å². The van der Waals surface area contributed by atoms with Crippen LogP contribution in [0.3, 0.4) is 0 Å². The van der Waals surface area contributed by atoms with Crippen LogP contribution in [0.25, 0.3) is 6.08 Å². The van der Waals surface area contributed by atoms with Crippen LogP contribution in [0.5, 0.6) is 0 Å². The Morgan fingerprint density at radius 1 is 0.842 bits per heavy atom. The van der Waals surface area contributed by atoms with Gasteiger partial charge >= 0.3 is 0 Å². The van der Waals surface area contributed by atoms with E-state index < -0.39 is 0 Å². The molecule has 1 nitrogen and oxygen atoms in total. The second kappa shape index (κ2) is 10.5. The van der Waals surface area contributed by atoms with Gasteiger partial charge in [0.25, 0.3) is 0 Å². The number of benzene rings is 1. The smallest absolute Gasteiger partial charge is 0.150 e. The van der Waals surface area contributed by atoms with Gasteiger partial charge in [-0.1, -0.05) is 81.9 Å². The predicted molar refractivity (Wildman–Crippen MR) is 83.5 cm³/mol. The maximum absolute atomic E-state index is 10.5. The molecule has 1 aromatic rings. The second-order valence-electron chi connectivity index (χ2n) is 5.10. The molecule has 1 rings (SSSR count). The van der Waals surface area contributed by atoms with Crippen LogP contribution in [0, 0.1) is 0 Å². The van der Waals surface area contributed by atoms with Crippen molar-refractivity contribution in [1.82, 2.24) is 0 Å². The van der Waals surface area contributed by atoms with E-state index in [2.05, 4.69) is 19.1 Å². The molecular weight excluding hydrogens is 232 g/mol. The molecule has 0 aliphatic rings. The second-order valence-corrected chi connectivity index (χ2v) is 5.10. The number of carbonyl (C=O) groups excluding carboxylic acids is 1. The van der Waals surface area contributed by atoms with Crippen LogP contribution in [0.4, 0.5) is 0 Å². The van der Waals surface area contributed by atoms with Crippen molar-refractivity contribution in [3.8, 4) is 0 Å². The number of hydrogen-bond donors (Lipinski definition) is 0. The summed E-state index contributed by atoms with van der Waals surface area (Å²) in [5.41, 5.74) is 1.91. The molecular formula is C18H26O. The minimum atomic E-state index is 0.740. The van der Waals surface area contributed by atoms with Gasteiger partial charge in [-0.05, 0) is 18.4 Å². The van der Waals surface area contributed by atoms with E-state index in [4.69, 9.17) is 0 Å². The molecule has 0 saturated carbocycles. The first-order chi connectivity index (χ1) is 9.36. The summed E-state index contributed by atoms with van der Waals surface area (Å²) in [6, 6.07) is 7.71. The van der Waals surface area contributed by atoms with Crippen molar-refractivity contribution >= 4 is 12.4 Å². The van der Waals surface area contributed by atoms with E-state index in [1.165, 1.54) is 50.5 Å². The van der Waals surface area contributed by atoms with Gasteiger partial charge in [-0.15, -0.1) is 0 Å². The molecule has 104 valence electrons. The number of hydrogen-bond acceptors (Lipinski definition) is 1. The number of unbranched alkanes of at least 4 members (excludes halogenated alkanes) is 7. The molecule has 19 heavy (non-hydrogen) atoms. The van der Waals surface area contributed by atoms with E-state index in [1.54, 1.807) is 0 Å². The van der Waals surface area contributed by atoms with Gasteiger partial charge in [-0.25, -0.2) is 0 Å². The molecule has 0 fully saturated rings. The number of allylic oxidation sites excluding steroid dienone is 1. The standard InChI is InChI=1S/C18H26O/c1-2-3-4-5-6-7-8-9-10-11-17-12-14-18(16-19)15-13-17/h10-16H,2-9H2,1H3. The van der Waals surface area contributed by atoms with E-state index in [9.17, 15) is 4.79 Å². The lowest BCUT2D eigenvalue weighted by atomic mass is 10.1. The van der Waals surface area contributed by atoms with Gasteiger partial charge in [-0.3, -0.25) is 4.79 Å². The molecule has 0 aromatic heterocycles. The summed E-state index contributed by atoms with van der Waals surface area (Å²) in [7, 11) is 0. The molecule has 0 amide bonds. The summed E-state index contributed by atoms with van der Waals surface area (Å²) < 4.78 is 0. The molecule has 0 spiro atoms. The van der Waals surface area contributed by atoms with Gasteiger partial charge in [0, 0.05) is 5.56 Å². The Bertz CT molecular complexity index is 362. The third-order valence-electron chi connectivity index (χ3n) is 3.36. The minimum absolute atomic E-state index is 0.740. The van der Waals surface area contributed by atoms with Crippen LogP contribution in [-0.2, 0) is 0 Å². The molecule has 0 atom stereocenters. The summed E-state index contributed by atoms with van der Waals surface area (Å²) >= 11 is 0. The molecule has 0 aliphatic heterocycles. The molecule has 0 radical (unpaired) electrons. The zero-order chi connectivity index (χ0) is 13.8. The average Bonchev–Trinajstić information content (AvgIpc) is 2.46. The summed E-state index contributed by atoms with van der Waals surface area (Å²) in [6.45, 7) is 2.26. The van der Waals surface area contributed by atoms with Gasteiger partial charge in [0.1, 0.15) is 6.29 Å². The highest BCUT2D eigenvalue weighted by atomic mass is 16.1. The van der Waals surface area contributed by atoms with Gasteiger partial charge < -0.3 is 0 Å². The van der Waals surface area contributed by atoms with Crippen molar-refractivity contribution < 1.29 is 4.79 Å².